The number of furan rings is 1. The van der Waals surface area contributed by atoms with Gasteiger partial charge in [0, 0.05) is 38.7 Å². The summed E-state index contributed by atoms with van der Waals surface area (Å²) in [6.45, 7) is 0. The Morgan fingerprint density at radius 1 is 0.311 bits per heavy atom. The van der Waals surface area contributed by atoms with Gasteiger partial charge in [-0.1, -0.05) is 188 Å². The third-order valence-electron chi connectivity index (χ3n) is 13.3. The molecule has 11 aromatic rings. The molecule has 1 aromatic heterocycles. The quantitative estimate of drug-likeness (QED) is 0.173. The Kier molecular flexibility index (Phi) is 7.26. The Balaban J connectivity index is 0.987. The summed E-state index contributed by atoms with van der Waals surface area (Å²) in [6.07, 6.45) is 0. The van der Waals surface area contributed by atoms with Crippen molar-refractivity contribution in [1.82, 2.24) is 0 Å². The standard InChI is InChI=1S/C59H37NO/c1-3-17-38(18-4-1)49-37-50-47-27-15-26-42(57(47)61-58(50)46-24-8-7-21-43(46)49)39-33-35-41(36-34-39)60(40-19-5-2-6-20-40)55-32-16-31-54-56(55)48-25-11-14-30-53(48)59(54)51-28-12-9-22-44(51)45-23-10-13-29-52(45)59/h1-37H. The fourth-order valence-electron chi connectivity index (χ4n) is 10.8. The lowest BCUT2D eigenvalue weighted by Gasteiger charge is -2.31. The van der Waals surface area contributed by atoms with Gasteiger partial charge in [0.05, 0.1) is 11.1 Å². The van der Waals surface area contributed by atoms with Gasteiger partial charge < -0.3 is 9.32 Å². The molecule has 0 N–H and O–H groups in total. The molecule has 0 saturated carbocycles. The maximum atomic E-state index is 6.93. The van der Waals surface area contributed by atoms with E-state index in [0.717, 1.165) is 55.5 Å². The second-order valence-electron chi connectivity index (χ2n) is 16.3. The smallest absolute Gasteiger partial charge is 0.143 e. The van der Waals surface area contributed by atoms with Crippen LogP contribution in [0.2, 0.25) is 0 Å². The topological polar surface area (TPSA) is 16.4 Å². The van der Waals surface area contributed by atoms with Gasteiger partial charge in [-0.2, -0.15) is 0 Å². The van der Waals surface area contributed by atoms with E-state index in [9.17, 15) is 0 Å². The van der Waals surface area contributed by atoms with Crippen molar-refractivity contribution in [3.63, 3.8) is 0 Å². The average Bonchev–Trinajstić information content (AvgIpc) is 3.97. The highest BCUT2D eigenvalue weighted by Gasteiger charge is 2.52. The zero-order valence-corrected chi connectivity index (χ0v) is 33.2. The predicted octanol–water partition coefficient (Wildman–Crippen LogP) is 15.9. The van der Waals surface area contributed by atoms with E-state index in [1.807, 2.05) is 0 Å². The first-order chi connectivity index (χ1) is 30.3. The van der Waals surface area contributed by atoms with Crippen LogP contribution >= 0.6 is 0 Å². The van der Waals surface area contributed by atoms with Crippen molar-refractivity contribution in [2.24, 2.45) is 0 Å². The van der Waals surface area contributed by atoms with Crippen molar-refractivity contribution < 1.29 is 4.42 Å². The second-order valence-corrected chi connectivity index (χ2v) is 16.3. The summed E-state index contributed by atoms with van der Waals surface area (Å²) < 4.78 is 6.93. The summed E-state index contributed by atoms with van der Waals surface area (Å²) in [5.41, 5.74) is 19.9. The first-order valence-electron chi connectivity index (χ1n) is 21.1. The van der Waals surface area contributed by atoms with Crippen molar-refractivity contribution >= 4 is 49.8 Å². The molecule has 0 atom stereocenters. The molecule has 2 aliphatic carbocycles. The van der Waals surface area contributed by atoms with Crippen LogP contribution in [-0.4, -0.2) is 0 Å². The van der Waals surface area contributed by atoms with E-state index >= 15 is 0 Å². The molecule has 13 rings (SSSR count). The SMILES string of the molecule is c1ccc(-c2cc3c4cccc(-c5ccc(N(c6ccccc6)c6cccc7c6-c6ccccc6C76c7ccccc7-c7ccccc76)cc5)c4oc3c3ccccc23)cc1. The number of hydrogen-bond acceptors (Lipinski definition) is 2. The van der Waals surface area contributed by atoms with Crippen LogP contribution in [0, 0.1) is 0 Å². The maximum absolute atomic E-state index is 6.93. The molecule has 61 heavy (non-hydrogen) atoms. The van der Waals surface area contributed by atoms with E-state index in [4.69, 9.17) is 4.42 Å². The lowest BCUT2D eigenvalue weighted by atomic mass is 9.70. The number of nitrogens with zero attached hydrogens (tertiary/aromatic N) is 1. The van der Waals surface area contributed by atoms with Crippen LogP contribution in [0.4, 0.5) is 17.1 Å². The molecule has 2 nitrogen and oxygen atoms in total. The van der Waals surface area contributed by atoms with Crippen LogP contribution in [-0.2, 0) is 5.41 Å². The Morgan fingerprint density at radius 2 is 0.803 bits per heavy atom. The lowest BCUT2D eigenvalue weighted by molar-refractivity contribution is 0.674. The third-order valence-corrected chi connectivity index (χ3v) is 13.3. The molecular formula is C59H37NO. The molecule has 0 bridgehead atoms. The van der Waals surface area contributed by atoms with Crippen LogP contribution in [0.15, 0.2) is 229 Å². The summed E-state index contributed by atoms with van der Waals surface area (Å²) in [5, 5.41) is 4.56. The van der Waals surface area contributed by atoms with Gasteiger partial charge in [0.15, 0.2) is 0 Å². The molecule has 0 unspecified atom stereocenters. The lowest BCUT2D eigenvalue weighted by Crippen LogP contribution is -2.26. The van der Waals surface area contributed by atoms with Crippen LogP contribution in [0.1, 0.15) is 22.3 Å². The molecule has 0 saturated heterocycles. The fraction of sp³-hybridized carbons (Fsp3) is 0.0169. The zero-order chi connectivity index (χ0) is 40.1. The van der Waals surface area contributed by atoms with Gasteiger partial charge in [-0.25, -0.2) is 0 Å². The molecule has 10 aromatic carbocycles. The molecule has 0 aliphatic heterocycles. The van der Waals surface area contributed by atoms with Crippen LogP contribution in [0.5, 0.6) is 0 Å². The highest BCUT2D eigenvalue weighted by atomic mass is 16.3. The third kappa shape index (κ3) is 4.73. The van der Waals surface area contributed by atoms with Crippen molar-refractivity contribution in [3.05, 3.63) is 247 Å². The summed E-state index contributed by atoms with van der Waals surface area (Å²) in [5.74, 6) is 0. The highest BCUT2D eigenvalue weighted by molar-refractivity contribution is 6.20. The Hall–Kier alpha value is -7.94. The average molecular weight is 776 g/mol. The van der Waals surface area contributed by atoms with Crippen LogP contribution < -0.4 is 4.90 Å². The van der Waals surface area contributed by atoms with Gasteiger partial charge in [-0.3, -0.25) is 0 Å². The van der Waals surface area contributed by atoms with Crippen molar-refractivity contribution in [1.29, 1.82) is 0 Å². The van der Waals surface area contributed by atoms with Gasteiger partial charge in [-0.05, 0) is 97.4 Å². The second kappa shape index (κ2) is 13.0. The predicted molar refractivity (Wildman–Crippen MR) is 253 cm³/mol. The molecule has 0 radical (unpaired) electrons. The van der Waals surface area contributed by atoms with Crippen molar-refractivity contribution in [2.45, 2.75) is 5.41 Å². The minimum Gasteiger partial charge on any atom is -0.455 e. The first kappa shape index (κ1) is 34.0. The van der Waals surface area contributed by atoms with Crippen molar-refractivity contribution in [3.8, 4) is 44.5 Å². The van der Waals surface area contributed by atoms with Crippen LogP contribution in [0.25, 0.3) is 77.2 Å². The molecule has 0 fully saturated rings. The molecule has 1 spiro atoms. The number of benzene rings is 10. The molecule has 0 amide bonds. The number of anilines is 3. The van der Waals surface area contributed by atoms with Gasteiger partial charge >= 0.3 is 0 Å². The van der Waals surface area contributed by atoms with E-state index in [0.29, 0.717) is 0 Å². The maximum Gasteiger partial charge on any atom is 0.143 e. The van der Waals surface area contributed by atoms with E-state index in [1.165, 1.54) is 61.0 Å². The zero-order valence-electron chi connectivity index (χ0n) is 33.2. The molecule has 2 aliphatic rings. The molecule has 1 heterocycles. The summed E-state index contributed by atoms with van der Waals surface area (Å²) in [7, 11) is 0. The molecule has 284 valence electrons. The molecule has 2 heteroatoms. The molecular weight excluding hydrogens is 739 g/mol. The number of fused-ring (bicyclic) bond motifs is 15. The van der Waals surface area contributed by atoms with E-state index in [1.54, 1.807) is 0 Å². The van der Waals surface area contributed by atoms with Gasteiger partial charge in [0.2, 0.25) is 0 Å². The monoisotopic (exact) mass is 775 g/mol. The van der Waals surface area contributed by atoms with Crippen LogP contribution in [0.3, 0.4) is 0 Å². The first-order valence-corrected chi connectivity index (χ1v) is 21.1. The Labute approximate surface area is 354 Å². The van der Waals surface area contributed by atoms with Gasteiger partial charge in [-0.15, -0.1) is 0 Å². The van der Waals surface area contributed by atoms with Crippen molar-refractivity contribution in [2.75, 3.05) is 4.90 Å². The largest absolute Gasteiger partial charge is 0.455 e. The van der Waals surface area contributed by atoms with E-state index in [2.05, 4.69) is 229 Å². The summed E-state index contributed by atoms with van der Waals surface area (Å²) >= 11 is 0. The fourth-order valence-corrected chi connectivity index (χ4v) is 10.8. The number of hydrogen-bond donors (Lipinski definition) is 0. The Morgan fingerprint density at radius 3 is 1.52 bits per heavy atom. The minimum atomic E-state index is -0.417. The van der Waals surface area contributed by atoms with Gasteiger partial charge in [0.1, 0.15) is 11.2 Å². The van der Waals surface area contributed by atoms with E-state index < -0.39 is 5.41 Å². The minimum absolute atomic E-state index is 0.417. The summed E-state index contributed by atoms with van der Waals surface area (Å²) in [4.78, 5) is 2.43. The summed E-state index contributed by atoms with van der Waals surface area (Å²) in [6, 6.07) is 82.0. The van der Waals surface area contributed by atoms with E-state index in [-0.39, 0.29) is 0 Å². The Bertz CT molecular complexity index is 3480. The number of para-hydroxylation sites is 2. The highest BCUT2D eigenvalue weighted by Crippen LogP contribution is 2.64. The number of rotatable bonds is 5. The van der Waals surface area contributed by atoms with Gasteiger partial charge in [0.25, 0.3) is 0 Å². The normalized spacial score (nSPS) is 13.0.